The molecule has 33 heavy (non-hydrogen) atoms. The molecule has 0 radical (unpaired) electrons. The molecule has 0 saturated carbocycles. The number of phenols is 1. The van der Waals surface area contributed by atoms with Crippen LogP contribution >= 0.6 is 11.5 Å². The Morgan fingerprint density at radius 2 is 2.03 bits per heavy atom. The minimum Gasteiger partial charge on any atom is -0.506 e. The van der Waals surface area contributed by atoms with Gasteiger partial charge in [0.15, 0.2) is 10.8 Å². The highest BCUT2D eigenvalue weighted by Gasteiger charge is 2.14. The van der Waals surface area contributed by atoms with Crippen molar-refractivity contribution in [2.24, 2.45) is 10.2 Å². The lowest BCUT2D eigenvalue weighted by Crippen LogP contribution is -2.26. The van der Waals surface area contributed by atoms with E-state index in [1.54, 1.807) is 18.2 Å². The lowest BCUT2D eigenvalue weighted by atomic mass is 10.2. The second kappa shape index (κ2) is 10.6. The Morgan fingerprint density at radius 1 is 1.24 bits per heavy atom. The number of esters is 1. The van der Waals surface area contributed by atoms with E-state index in [0.29, 0.717) is 34.7 Å². The molecule has 0 aliphatic rings. The predicted octanol–water partition coefficient (Wildman–Crippen LogP) is 4.67. The number of ketones is 1. The molecule has 12 heteroatoms. The maximum atomic E-state index is 11.8. The number of azo groups is 1. The van der Waals surface area contributed by atoms with E-state index in [2.05, 4.69) is 14.6 Å². The van der Waals surface area contributed by atoms with Gasteiger partial charge < -0.3 is 14.7 Å². The lowest BCUT2D eigenvalue weighted by Gasteiger charge is -2.23. The van der Waals surface area contributed by atoms with Crippen LogP contribution in [0.2, 0.25) is 0 Å². The predicted molar refractivity (Wildman–Crippen MR) is 123 cm³/mol. The quantitative estimate of drug-likeness (QED) is 0.194. The first-order chi connectivity index (χ1) is 15.8. The topological polar surface area (TPSA) is 148 Å². The Bertz CT molecular complexity index is 1230. The molecule has 0 atom stereocenters. The molecule has 0 aliphatic heterocycles. The van der Waals surface area contributed by atoms with Gasteiger partial charge in [0.1, 0.15) is 18.0 Å². The molecule has 3 aromatic rings. The summed E-state index contributed by atoms with van der Waals surface area (Å²) in [6.07, 6.45) is 0.0912. The zero-order chi connectivity index (χ0) is 24.0. The van der Waals surface area contributed by atoms with Crippen molar-refractivity contribution in [3.05, 3.63) is 46.5 Å². The number of phenolic OH excluding ortho intramolecular Hbond substituents is 1. The number of anilines is 1. The molecule has 0 unspecified atom stereocenters. The Balaban J connectivity index is 1.72. The minimum absolute atomic E-state index is 0.0730. The Morgan fingerprint density at radius 3 is 2.70 bits per heavy atom. The number of nitro benzene ring substituents is 1. The first-order valence-electron chi connectivity index (χ1n) is 9.97. The molecule has 0 saturated heterocycles. The number of ether oxygens (including phenoxy) is 1. The molecule has 11 nitrogen and oxygen atoms in total. The molecule has 1 N–H and O–H groups in total. The van der Waals surface area contributed by atoms with Gasteiger partial charge in [-0.3, -0.25) is 19.7 Å². The van der Waals surface area contributed by atoms with Gasteiger partial charge in [-0.05, 0) is 43.6 Å². The minimum atomic E-state index is -0.495. The van der Waals surface area contributed by atoms with Gasteiger partial charge in [-0.15, -0.1) is 10.2 Å². The Kier molecular flexibility index (Phi) is 7.61. The summed E-state index contributed by atoms with van der Waals surface area (Å²) < 4.78 is 9.06. The molecule has 0 amide bonds. The molecule has 0 spiro atoms. The summed E-state index contributed by atoms with van der Waals surface area (Å²) in [6, 6.07) is 9.12. The van der Waals surface area contributed by atoms with Crippen LogP contribution < -0.4 is 4.90 Å². The molecule has 2 aromatic carbocycles. The van der Waals surface area contributed by atoms with Crippen molar-refractivity contribution in [2.75, 3.05) is 24.6 Å². The van der Waals surface area contributed by atoms with Crippen molar-refractivity contribution >= 4 is 56.3 Å². The van der Waals surface area contributed by atoms with Gasteiger partial charge in [0.25, 0.3) is 5.69 Å². The average Bonchev–Trinajstić information content (AvgIpc) is 3.19. The van der Waals surface area contributed by atoms with E-state index in [1.807, 2.05) is 11.8 Å². The lowest BCUT2D eigenvalue weighted by molar-refractivity contribution is -0.384. The molecule has 1 heterocycles. The average molecular weight is 471 g/mol. The van der Waals surface area contributed by atoms with Crippen LogP contribution in [0.1, 0.15) is 20.3 Å². The summed E-state index contributed by atoms with van der Waals surface area (Å²) >= 11 is 1.05. The first kappa shape index (κ1) is 23.7. The second-order valence-electron chi connectivity index (χ2n) is 7.01. The summed E-state index contributed by atoms with van der Waals surface area (Å²) in [5.41, 5.74) is 1.38. The second-order valence-corrected chi connectivity index (χ2v) is 7.76. The fourth-order valence-electron chi connectivity index (χ4n) is 2.94. The monoisotopic (exact) mass is 471 g/mol. The molecule has 1 aromatic heterocycles. The summed E-state index contributed by atoms with van der Waals surface area (Å²) in [7, 11) is 0. The van der Waals surface area contributed by atoms with Crippen molar-refractivity contribution < 1.29 is 24.4 Å². The molecule has 0 bridgehead atoms. The maximum absolute atomic E-state index is 11.8. The van der Waals surface area contributed by atoms with Gasteiger partial charge in [0.2, 0.25) is 0 Å². The van der Waals surface area contributed by atoms with Gasteiger partial charge in [0, 0.05) is 42.4 Å². The fraction of sp³-hybridized carbons (Fsp3) is 0.286. The van der Waals surface area contributed by atoms with E-state index in [0.717, 1.165) is 11.5 Å². The number of carbonyl (C=O) groups excluding carboxylic acids is 2. The number of aromatic nitrogens is 1. The van der Waals surface area contributed by atoms with Crippen molar-refractivity contribution in [1.82, 2.24) is 4.37 Å². The number of Topliss-reactive ketones (excluding diaryl/α,β-unsaturated/α-hetero) is 1. The highest BCUT2D eigenvalue weighted by Crippen LogP contribution is 2.36. The van der Waals surface area contributed by atoms with E-state index >= 15 is 0 Å². The molecule has 3 rings (SSSR count). The van der Waals surface area contributed by atoms with Crippen LogP contribution in [0.25, 0.3) is 10.9 Å². The van der Waals surface area contributed by atoms with E-state index in [4.69, 9.17) is 4.74 Å². The van der Waals surface area contributed by atoms with Crippen LogP contribution in [0.15, 0.2) is 46.6 Å². The number of carbonyl (C=O) groups is 2. The smallest absolute Gasteiger partial charge is 0.308 e. The number of rotatable bonds is 10. The van der Waals surface area contributed by atoms with Crippen molar-refractivity contribution in [3.8, 4) is 5.75 Å². The Labute approximate surface area is 192 Å². The molecule has 0 aliphatic carbocycles. The van der Waals surface area contributed by atoms with Gasteiger partial charge in [0.05, 0.1) is 16.9 Å². The standard InChI is InChI=1S/C21H21N5O6S/c1-3-25(9-8-20(29)32-12-13(2)27)14-4-7-18(19(28)11-14)22-23-21-16-10-15(26(30)31)5-6-17(16)24-33-21/h4-7,10-11,28H,3,8-9,12H2,1-2H3. The molecular formula is C21H21N5O6S. The number of non-ortho nitro benzene ring substituents is 1. The number of nitrogens with zero attached hydrogens (tertiary/aromatic N) is 5. The highest BCUT2D eigenvalue weighted by atomic mass is 32.1. The number of aromatic hydroxyl groups is 1. The third-order valence-corrected chi connectivity index (χ3v) is 5.39. The van der Waals surface area contributed by atoms with Crippen LogP contribution in [-0.4, -0.2) is 45.9 Å². The zero-order valence-electron chi connectivity index (χ0n) is 17.9. The van der Waals surface area contributed by atoms with Gasteiger partial charge in [-0.2, -0.15) is 4.37 Å². The number of nitro groups is 1. The van der Waals surface area contributed by atoms with E-state index < -0.39 is 10.9 Å². The normalized spacial score (nSPS) is 11.1. The van der Waals surface area contributed by atoms with Crippen LogP contribution in [0, 0.1) is 10.1 Å². The summed E-state index contributed by atoms with van der Waals surface area (Å²) in [4.78, 5) is 35.0. The SMILES string of the molecule is CCN(CCC(=O)OCC(C)=O)c1ccc(N=Nc2snc3ccc([N+](=O)[O-])cc23)c(O)c1. The summed E-state index contributed by atoms with van der Waals surface area (Å²) in [6.45, 7) is 3.92. The molecule has 0 fully saturated rings. The van der Waals surface area contributed by atoms with Gasteiger partial charge >= 0.3 is 5.97 Å². The van der Waals surface area contributed by atoms with Crippen LogP contribution in [0.4, 0.5) is 22.1 Å². The van der Waals surface area contributed by atoms with Crippen molar-refractivity contribution in [2.45, 2.75) is 20.3 Å². The van der Waals surface area contributed by atoms with Gasteiger partial charge in [-0.1, -0.05) is 0 Å². The summed E-state index contributed by atoms with van der Waals surface area (Å²) in [5.74, 6) is -0.820. The van der Waals surface area contributed by atoms with E-state index in [1.165, 1.54) is 25.1 Å². The van der Waals surface area contributed by atoms with E-state index in [-0.39, 0.29) is 35.9 Å². The molecule has 172 valence electrons. The number of hydrogen-bond donors (Lipinski definition) is 1. The largest absolute Gasteiger partial charge is 0.506 e. The third-order valence-electron chi connectivity index (χ3n) is 4.63. The zero-order valence-corrected chi connectivity index (χ0v) is 18.7. The van der Waals surface area contributed by atoms with Gasteiger partial charge in [-0.25, -0.2) is 0 Å². The number of hydrogen-bond acceptors (Lipinski definition) is 11. The number of fused-ring (bicyclic) bond motifs is 1. The third kappa shape index (κ3) is 6.07. The van der Waals surface area contributed by atoms with Crippen LogP contribution in [0.3, 0.4) is 0 Å². The van der Waals surface area contributed by atoms with Crippen molar-refractivity contribution in [1.29, 1.82) is 0 Å². The summed E-state index contributed by atoms with van der Waals surface area (Å²) in [5, 5.41) is 30.5. The first-order valence-corrected chi connectivity index (χ1v) is 10.7. The maximum Gasteiger partial charge on any atom is 0.308 e. The van der Waals surface area contributed by atoms with Crippen LogP contribution in [-0.2, 0) is 14.3 Å². The molecular weight excluding hydrogens is 450 g/mol. The fourth-order valence-corrected chi connectivity index (χ4v) is 3.63. The Hall–Kier alpha value is -3.93. The van der Waals surface area contributed by atoms with E-state index in [9.17, 15) is 24.8 Å². The highest BCUT2D eigenvalue weighted by molar-refractivity contribution is 7.11. The number of benzene rings is 2. The van der Waals surface area contributed by atoms with Crippen molar-refractivity contribution in [3.63, 3.8) is 0 Å². The van der Waals surface area contributed by atoms with Crippen LogP contribution in [0.5, 0.6) is 5.75 Å².